The molecular weight excluding hydrogens is 274 g/mol. The van der Waals surface area contributed by atoms with Crippen LogP contribution in [-0.2, 0) is 13.6 Å². The van der Waals surface area contributed by atoms with Crippen LogP contribution in [0.5, 0.6) is 0 Å². The first-order valence-electron chi connectivity index (χ1n) is 7.89. The molecule has 0 aliphatic carbocycles. The molecule has 118 valence electrons. The maximum atomic E-state index is 4.30. The zero-order valence-corrected chi connectivity index (χ0v) is 13.7. The van der Waals surface area contributed by atoms with Gasteiger partial charge in [0.15, 0.2) is 0 Å². The molecule has 5 nitrogen and oxygen atoms in total. The van der Waals surface area contributed by atoms with Crippen LogP contribution in [0.25, 0.3) is 0 Å². The van der Waals surface area contributed by atoms with Crippen LogP contribution in [0.1, 0.15) is 23.7 Å². The van der Waals surface area contributed by atoms with Crippen molar-refractivity contribution in [3.63, 3.8) is 0 Å². The Bertz CT molecular complexity index is 594. The minimum atomic E-state index is 0.475. The summed E-state index contributed by atoms with van der Waals surface area (Å²) >= 11 is 0. The Labute approximate surface area is 132 Å². The van der Waals surface area contributed by atoms with E-state index in [-0.39, 0.29) is 0 Å². The zero-order valence-electron chi connectivity index (χ0n) is 13.7. The average Bonchev–Trinajstić information content (AvgIpc) is 3.07. The van der Waals surface area contributed by atoms with E-state index in [0.717, 1.165) is 19.6 Å². The van der Waals surface area contributed by atoms with Gasteiger partial charge in [0.1, 0.15) is 0 Å². The molecule has 0 N–H and O–H groups in total. The van der Waals surface area contributed by atoms with E-state index >= 15 is 0 Å². The summed E-state index contributed by atoms with van der Waals surface area (Å²) in [6, 6.07) is 4.72. The predicted octanol–water partition coefficient (Wildman–Crippen LogP) is 1.94. The second-order valence-corrected chi connectivity index (χ2v) is 6.45. The number of nitrogens with zero attached hydrogens (tertiary/aromatic N) is 5. The van der Waals surface area contributed by atoms with Gasteiger partial charge in [-0.25, -0.2) is 4.98 Å². The lowest BCUT2D eigenvalue weighted by Gasteiger charge is -2.28. The van der Waals surface area contributed by atoms with Gasteiger partial charge in [-0.15, -0.1) is 0 Å². The smallest absolute Gasteiger partial charge is 0.0945 e. The number of rotatable bonds is 5. The van der Waals surface area contributed by atoms with Crippen LogP contribution in [0.2, 0.25) is 0 Å². The number of hydrogen-bond acceptors (Lipinski definition) is 4. The van der Waals surface area contributed by atoms with Crippen molar-refractivity contribution in [2.45, 2.75) is 19.0 Å². The van der Waals surface area contributed by atoms with E-state index < -0.39 is 0 Å². The first-order chi connectivity index (χ1) is 10.6. The number of aryl methyl sites for hydroxylation is 1. The molecule has 2 aromatic rings. The fourth-order valence-corrected chi connectivity index (χ4v) is 3.57. The minimum Gasteiger partial charge on any atom is -0.337 e. The standard InChI is InChI=1S/C17H25N5/c1-20(12-16-10-19-13-22(16)3)11-15-6-8-21(2)17(15)14-5-4-7-18-9-14/h4-5,7,9-10,13,15,17H,6,8,11-12H2,1-3H3/t15-,17-/m0/s1. The van der Waals surface area contributed by atoms with Crippen molar-refractivity contribution < 1.29 is 0 Å². The molecule has 1 aliphatic rings. The minimum absolute atomic E-state index is 0.475. The molecule has 0 saturated carbocycles. The highest BCUT2D eigenvalue weighted by Gasteiger charge is 2.33. The first kappa shape index (κ1) is 15.2. The van der Waals surface area contributed by atoms with E-state index in [1.807, 2.05) is 31.0 Å². The fraction of sp³-hybridized carbons (Fsp3) is 0.529. The summed E-state index contributed by atoms with van der Waals surface area (Å²) in [7, 11) is 6.47. The Morgan fingerprint density at radius 3 is 2.82 bits per heavy atom. The summed E-state index contributed by atoms with van der Waals surface area (Å²) in [6.07, 6.45) is 8.93. The number of likely N-dealkylation sites (tertiary alicyclic amines) is 1. The molecule has 1 saturated heterocycles. The Kier molecular flexibility index (Phi) is 4.55. The third-order valence-electron chi connectivity index (χ3n) is 4.69. The highest BCUT2D eigenvalue weighted by atomic mass is 15.2. The molecule has 2 atom stereocenters. The van der Waals surface area contributed by atoms with Crippen molar-refractivity contribution in [1.29, 1.82) is 0 Å². The van der Waals surface area contributed by atoms with E-state index in [0.29, 0.717) is 12.0 Å². The van der Waals surface area contributed by atoms with E-state index in [2.05, 4.69) is 51.5 Å². The molecule has 0 radical (unpaired) electrons. The summed E-state index contributed by atoms with van der Waals surface area (Å²) in [6.45, 7) is 3.19. The lowest BCUT2D eigenvalue weighted by Crippen LogP contribution is -2.30. The van der Waals surface area contributed by atoms with Crippen molar-refractivity contribution in [3.05, 3.63) is 48.3 Å². The molecule has 0 aromatic carbocycles. The van der Waals surface area contributed by atoms with Crippen molar-refractivity contribution >= 4 is 0 Å². The second kappa shape index (κ2) is 6.58. The number of aromatic nitrogens is 3. The molecule has 0 amide bonds. The third-order valence-corrected chi connectivity index (χ3v) is 4.69. The fourth-order valence-electron chi connectivity index (χ4n) is 3.57. The molecule has 22 heavy (non-hydrogen) atoms. The number of hydrogen-bond donors (Lipinski definition) is 0. The van der Waals surface area contributed by atoms with Gasteiger partial charge in [-0.2, -0.15) is 0 Å². The zero-order chi connectivity index (χ0) is 15.5. The normalized spacial score (nSPS) is 22.5. The van der Waals surface area contributed by atoms with E-state index in [9.17, 15) is 0 Å². The molecular formula is C17H25N5. The summed E-state index contributed by atoms with van der Waals surface area (Å²) in [5.74, 6) is 0.646. The average molecular weight is 299 g/mol. The summed E-state index contributed by atoms with van der Waals surface area (Å²) in [4.78, 5) is 13.4. The molecule has 0 bridgehead atoms. The third kappa shape index (κ3) is 3.20. The van der Waals surface area contributed by atoms with Crippen molar-refractivity contribution in [2.24, 2.45) is 13.0 Å². The van der Waals surface area contributed by atoms with Crippen LogP contribution >= 0.6 is 0 Å². The lowest BCUT2D eigenvalue weighted by atomic mass is 9.94. The second-order valence-electron chi connectivity index (χ2n) is 6.45. The topological polar surface area (TPSA) is 37.2 Å². The van der Waals surface area contributed by atoms with Gasteiger partial charge < -0.3 is 9.47 Å². The Morgan fingerprint density at radius 2 is 2.14 bits per heavy atom. The maximum absolute atomic E-state index is 4.30. The highest BCUT2D eigenvalue weighted by Crippen LogP contribution is 2.36. The SMILES string of the molecule is CN(Cc1cncn1C)C[C@@H]1CCN(C)[C@H]1c1cccnc1. The Hall–Kier alpha value is -1.72. The summed E-state index contributed by atoms with van der Waals surface area (Å²) in [5.41, 5.74) is 2.59. The molecule has 2 aromatic heterocycles. The number of imidazole rings is 1. The van der Waals surface area contributed by atoms with Crippen LogP contribution in [0.4, 0.5) is 0 Å². The Balaban J connectivity index is 1.67. The van der Waals surface area contributed by atoms with Crippen molar-refractivity contribution in [2.75, 3.05) is 27.2 Å². The van der Waals surface area contributed by atoms with Gasteiger partial charge in [-0.05, 0) is 44.6 Å². The van der Waals surface area contributed by atoms with Crippen LogP contribution in [0.3, 0.4) is 0 Å². The predicted molar refractivity (Wildman–Crippen MR) is 87.3 cm³/mol. The van der Waals surface area contributed by atoms with Crippen LogP contribution < -0.4 is 0 Å². The largest absolute Gasteiger partial charge is 0.337 e. The molecule has 1 aliphatic heterocycles. The van der Waals surface area contributed by atoms with E-state index in [1.54, 1.807) is 0 Å². The van der Waals surface area contributed by atoms with Gasteiger partial charge in [0.25, 0.3) is 0 Å². The van der Waals surface area contributed by atoms with Gasteiger partial charge in [0.05, 0.1) is 12.0 Å². The molecule has 3 rings (SSSR count). The van der Waals surface area contributed by atoms with Crippen molar-refractivity contribution in [1.82, 2.24) is 24.3 Å². The van der Waals surface area contributed by atoms with Gasteiger partial charge in [0, 0.05) is 44.8 Å². The van der Waals surface area contributed by atoms with Gasteiger partial charge >= 0.3 is 0 Å². The summed E-state index contributed by atoms with van der Waals surface area (Å²) < 4.78 is 2.09. The molecule has 3 heterocycles. The number of pyridine rings is 1. The quantitative estimate of drug-likeness (QED) is 0.845. The van der Waals surface area contributed by atoms with Gasteiger partial charge in [0.2, 0.25) is 0 Å². The van der Waals surface area contributed by atoms with Crippen molar-refractivity contribution in [3.8, 4) is 0 Å². The van der Waals surface area contributed by atoms with E-state index in [4.69, 9.17) is 0 Å². The highest BCUT2D eigenvalue weighted by molar-refractivity contribution is 5.17. The molecule has 1 fully saturated rings. The van der Waals surface area contributed by atoms with Crippen LogP contribution in [0, 0.1) is 5.92 Å². The maximum Gasteiger partial charge on any atom is 0.0945 e. The molecule has 0 spiro atoms. The Morgan fingerprint density at radius 1 is 1.27 bits per heavy atom. The molecule has 0 unspecified atom stereocenters. The summed E-state index contributed by atoms with van der Waals surface area (Å²) in [5, 5.41) is 0. The van der Waals surface area contributed by atoms with Crippen LogP contribution in [0.15, 0.2) is 37.1 Å². The lowest BCUT2D eigenvalue weighted by molar-refractivity contribution is 0.211. The monoisotopic (exact) mass is 299 g/mol. The van der Waals surface area contributed by atoms with Gasteiger partial charge in [-0.1, -0.05) is 6.07 Å². The molecule has 5 heteroatoms. The van der Waals surface area contributed by atoms with Crippen LogP contribution in [-0.4, -0.2) is 51.5 Å². The van der Waals surface area contributed by atoms with E-state index in [1.165, 1.54) is 17.7 Å². The van der Waals surface area contributed by atoms with Gasteiger partial charge in [-0.3, -0.25) is 9.88 Å². The first-order valence-corrected chi connectivity index (χ1v) is 7.89.